The number of pyridine rings is 1. The van der Waals surface area contributed by atoms with Crippen molar-refractivity contribution >= 4 is 28.7 Å². The molecule has 144 valence electrons. The Bertz CT molecular complexity index is 946. The molecule has 0 amide bonds. The maximum atomic E-state index is 11.8. The van der Waals surface area contributed by atoms with Crippen LogP contribution in [-0.2, 0) is 0 Å². The van der Waals surface area contributed by atoms with Crippen LogP contribution >= 0.6 is 0 Å². The van der Waals surface area contributed by atoms with Crippen LogP contribution in [-0.4, -0.2) is 23.0 Å². The van der Waals surface area contributed by atoms with Gasteiger partial charge in [-0.05, 0) is 51.1 Å². The van der Waals surface area contributed by atoms with Gasteiger partial charge in [0.2, 0.25) is 5.82 Å². The maximum Gasteiger partial charge on any atom is 0.314 e. The molecular formula is C22H24N4O2. The van der Waals surface area contributed by atoms with Crippen molar-refractivity contribution in [3.63, 3.8) is 0 Å². The van der Waals surface area contributed by atoms with E-state index in [1.807, 2.05) is 79.4 Å². The number of anilines is 4. The third-order valence-electron chi connectivity index (χ3n) is 4.63. The molecule has 0 radical (unpaired) electrons. The number of aromatic nitrogens is 1. The Kier molecular flexibility index (Phi) is 5.89. The van der Waals surface area contributed by atoms with Gasteiger partial charge in [0.05, 0.1) is 4.92 Å². The second kappa shape index (κ2) is 8.52. The lowest BCUT2D eigenvalue weighted by Gasteiger charge is -2.27. The zero-order valence-corrected chi connectivity index (χ0v) is 16.4. The standard InChI is InChI=1S/C22H24N4O2/c1-4-24(18-12-8-6-9-13-18)20-16-17(3)21(26(27)28)22(23-20)25(5-2)19-14-10-7-11-15-19/h6-16H,4-5H2,1-3H3. The van der Waals surface area contributed by atoms with Crippen LogP contribution in [0.25, 0.3) is 0 Å². The van der Waals surface area contributed by atoms with Crippen LogP contribution in [0.5, 0.6) is 0 Å². The summed E-state index contributed by atoms with van der Waals surface area (Å²) < 4.78 is 0. The highest BCUT2D eigenvalue weighted by molar-refractivity contribution is 5.74. The SMILES string of the molecule is CCN(c1ccccc1)c1cc(C)c([N+](=O)[O-])c(N(CC)c2ccccc2)n1. The molecule has 0 saturated heterocycles. The minimum Gasteiger partial charge on any atom is -0.327 e. The maximum absolute atomic E-state index is 11.8. The van der Waals surface area contributed by atoms with Crippen molar-refractivity contribution in [3.05, 3.63) is 82.4 Å². The second-order valence-electron chi connectivity index (χ2n) is 6.39. The molecule has 0 fully saturated rings. The summed E-state index contributed by atoms with van der Waals surface area (Å²) in [7, 11) is 0. The number of benzene rings is 2. The Hall–Kier alpha value is -3.41. The van der Waals surface area contributed by atoms with Gasteiger partial charge < -0.3 is 9.80 Å². The van der Waals surface area contributed by atoms with Gasteiger partial charge in [-0.15, -0.1) is 0 Å². The second-order valence-corrected chi connectivity index (χ2v) is 6.39. The molecule has 2 aromatic carbocycles. The lowest BCUT2D eigenvalue weighted by Crippen LogP contribution is -2.22. The fraction of sp³-hybridized carbons (Fsp3) is 0.227. The van der Waals surface area contributed by atoms with Gasteiger partial charge in [-0.25, -0.2) is 4.98 Å². The Morgan fingerprint density at radius 3 is 1.86 bits per heavy atom. The quantitative estimate of drug-likeness (QED) is 0.396. The van der Waals surface area contributed by atoms with Gasteiger partial charge in [-0.2, -0.15) is 0 Å². The first kappa shape index (κ1) is 19.4. The van der Waals surface area contributed by atoms with Crippen molar-refractivity contribution in [1.82, 2.24) is 4.98 Å². The minimum absolute atomic E-state index is 0.0403. The number of para-hydroxylation sites is 2. The summed E-state index contributed by atoms with van der Waals surface area (Å²) in [6.45, 7) is 7.04. The molecular weight excluding hydrogens is 352 g/mol. The highest BCUT2D eigenvalue weighted by Crippen LogP contribution is 2.37. The van der Waals surface area contributed by atoms with Crippen LogP contribution in [0.1, 0.15) is 19.4 Å². The van der Waals surface area contributed by atoms with Crippen molar-refractivity contribution in [1.29, 1.82) is 0 Å². The molecule has 0 aliphatic carbocycles. The average molecular weight is 376 g/mol. The molecule has 0 spiro atoms. The lowest BCUT2D eigenvalue weighted by atomic mass is 10.2. The van der Waals surface area contributed by atoms with Gasteiger partial charge in [0.25, 0.3) is 0 Å². The van der Waals surface area contributed by atoms with Crippen LogP contribution in [0.2, 0.25) is 0 Å². The van der Waals surface area contributed by atoms with E-state index in [9.17, 15) is 10.1 Å². The third-order valence-corrected chi connectivity index (χ3v) is 4.63. The lowest BCUT2D eigenvalue weighted by molar-refractivity contribution is -0.384. The van der Waals surface area contributed by atoms with E-state index in [4.69, 9.17) is 4.98 Å². The Balaban J connectivity index is 2.19. The van der Waals surface area contributed by atoms with E-state index in [1.54, 1.807) is 13.0 Å². The number of hydrogen-bond donors (Lipinski definition) is 0. The molecule has 28 heavy (non-hydrogen) atoms. The third kappa shape index (κ3) is 3.81. The number of hydrogen-bond acceptors (Lipinski definition) is 5. The smallest absolute Gasteiger partial charge is 0.314 e. The monoisotopic (exact) mass is 376 g/mol. The highest BCUT2D eigenvalue weighted by atomic mass is 16.6. The average Bonchev–Trinajstić information content (AvgIpc) is 2.70. The number of nitrogens with zero attached hydrogens (tertiary/aromatic N) is 4. The van der Waals surface area contributed by atoms with Crippen molar-refractivity contribution in [3.8, 4) is 0 Å². The first-order valence-corrected chi connectivity index (χ1v) is 9.38. The van der Waals surface area contributed by atoms with Crippen molar-refractivity contribution in [2.75, 3.05) is 22.9 Å². The molecule has 6 nitrogen and oxygen atoms in total. The van der Waals surface area contributed by atoms with Crippen LogP contribution in [0.4, 0.5) is 28.7 Å². The van der Waals surface area contributed by atoms with Gasteiger partial charge in [0, 0.05) is 30.0 Å². The highest BCUT2D eigenvalue weighted by Gasteiger charge is 2.27. The van der Waals surface area contributed by atoms with Crippen LogP contribution in [0, 0.1) is 17.0 Å². The van der Waals surface area contributed by atoms with Crippen LogP contribution < -0.4 is 9.80 Å². The first-order chi connectivity index (χ1) is 13.6. The number of nitro groups is 1. The summed E-state index contributed by atoms with van der Waals surface area (Å²) in [6, 6.07) is 21.4. The molecule has 0 aliphatic rings. The van der Waals surface area contributed by atoms with Gasteiger partial charge >= 0.3 is 5.69 Å². The summed E-state index contributed by atoms with van der Waals surface area (Å²) in [5.74, 6) is 1.06. The molecule has 1 heterocycles. The molecule has 0 aliphatic heterocycles. The zero-order valence-electron chi connectivity index (χ0n) is 16.4. The van der Waals surface area contributed by atoms with Crippen molar-refractivity contribution < 1.29 is 4.92 Å². The fourth-order valence-electron chi connectivity index (χ4n) is 3.33. The Morgan fingerprint density at radius 2 is 1.39 bits per heavy atom. The van der Waals surface area contributed by atoms with Crippen LogP contribution in [0.15, 0.2) is 66.7 Å². The minimum atomic E-state index is -0.341. The van der Waals surface area contributed by atoms with Gasteiger partial charge in [0.1, 0.15) is 5.82 Å². The van der Waals surface area contributed by atoms with Crippen molar-refractivity contribution in [2.24, 2.45) is 0 Å². The molecule has 0 saturated carbocycles. The summed E-state index contributed by atoms with van der Waals surface area (Å²) in [5, 5.41) is 11.8. The van der Waals surface area contributed by atoms with Crippen LogP contribution in [0.3, 0.4) is 0 Å². The Morgan fingerprint density at radius 1 is 0.893 bits per heavy atom. The molecule has 6 heteroatoms. The predicted molar refractivity (Wildman–Crippen MR) is 114 cm³/mol. The number of rotatable bonds is 7. The van der Waals surface area contributed by atoms with E-state index in [0.29, 0.717) is 30.3 Å². The topological polar surface area (TPSA) is 62.5 Å². The molecule has 0 atom stereocenters. The van der Waals surface area contributed by atoms with Gasteiger partial charge in [-0.1, -0.05) is 36.4 Å². The molecule has 3 rings (SSSR count). The molecule has 3 aromatic rings. The normalized spacial score (nSPS) is 10.5. The van der Waals surface area contributed by atoms with E-state index in [2.05, 4.69) is 4.90 Å². The molecule has 0 N–H and O–H groups in total. The zero-order chi connectivity index (χ0) is 20.1. The number of aryl methyl sites for hydroxylation is 1. The van der Waals surface area contributed by atoms with E-state index >= 15 is 0 Å². The van der Waals surface area contributed by atoms with Gasteiger partial charge in [0.15, 0.2) is 0 Å². The van der Waals surface area contributed by atoms with Crippen molar-refractivity contribution in [2.45, 2.75) is 20.8 Å². The van der Waals surface area contributed by atoms with E-state index in [-0.39, 0.29) is 10.6 Å². The fourth-order valence-corrected chi connectivity index (χ4v) is 3.33. The molecule has 0 unspecified atom stereocenters. The summed E-state index contributed by atoms with van der Waals surface area (Å²) in [5.41, 5.74) is 2.51. The summed E-state index contributed by atoms with van der Waals surface area (Å²) in [6.07, 6.45) is 0. The largest absolute Gasteiger partial charge is 0.327 e. The van der Waals surface area contributed by atoms with Gasteiger partial charge in [-0.3, -0.25) is 10.1 Å². The van der Waals surface area contributed by atoms with E-state index in [1.165, 1.54) is 0 Å². The molecule has 1 aromatic heterocycles. The Labute approximate surface area is 165 Å². The summed E-state index contributed by atoms with van der Waals surface area (Å²) >= 11 is 0. The summed E-state index contributed by atoms with van der Waals surface area (Å²) in [4.78, 5) is 20.2. The first-order valence-electron chi connectivity index (χ1n) is 9.38. The van der Waals surface area contributed by atoms with E-state index < -0.39 is 0 Å². The molecule has 0 bridgehead atoms. The van der Waals surface area contributed by atoms with E-state index in [0.717, 1.165) is 11.4 Å². The predicted octanol–water partition coefficient (Wildman–Crippen LogP) is 5.61.